The van der Waals surface area contributed by atoms with Crippen LogP contribution in [-0.4, -0.2) is 8.42 Å². The molecule has 0 spiro atoms. The monoisotopic (exact) mass is 398 g/mol. The van der Waals surface area contributed by atoms with E-state index >= 15 is 0 Å². The van der Waals surface area contributed by atoms with Crippen LogP contribution in [0.25, 0.3) is 11.0 Å². The second-order valence-electron chi connectivity index (χ2n) is 4.54. The lowest BCUT2D eigenvalue weighted by atomic mass is 10.2. The quantitative estimate of drug-likeness (QED) is 0.610. The number of hydrogen-bond donors (Lipinski definition) is 0. The highest BCUT2D eigenvalue weighted by Crippen LogP contribution is 2.25. The Balaban J connectivity index is 2.29. The maximum Gasteiger partial charge on any atom is 0.355 e. The van der Waals surface area contributed by atoms with Crippen LogP contribution >= 0.6 is 27.5 Å². The minimum atomic E-state index is -4.00. The highest BCUT2D eigenvalue weighted by atomic mass is 79.9. The molecule has 22 heavy (non-hydrogen) atoms. The van der Waals surface area contributed by atoms with E-state index in [4.69, 9.17) is 16.0 Å². The summed E-state index contributed by atoms with van der Waals surface area (Å²) in [7, 11) is -4.00. The maximum atomic E-state index is 12.6. The summed E-state index contributed by atoms with van der Waals surface area (Å²) in [6.07, 6.45) is 0. The third-order valence-corrected chi connectivity index (χ3v) is 5.52. The van der Waals surface area contributed by atoms with Gasteiger partial charge in [-0.05, 0) is 42.5 Å². The normalized spacial score (nSPS) is 11.7. The van der Waals surface area contributed by atoms with E-state index in [0.29, 0.717) is 11.0 Å². The van der Waals surface area contributed by atoms with Crippen LogP contribution in [0.2, 0.25) is 5.02 Å². The van der Waals surface area contributed by atoms with Crippen molar-refractivity contribution in [3.8, 4) is 0 Å². The number of hydrogen-bond acceptors (Lipinski definition) is 4. The van der Waals surface area contributed by atoms with E-state index in [1.165, 1.54) is 24.3 Å². The molecule has 0 aliphatic carbocycles. The summed E-state index contributed by atoms with van der Waals surface area (Å²) >= 11 is 9.12. The molecular formula is C15H8BrClO4S. The van der Waals surface area contributed by atoms with Gasteiger partial charge in [-0.2, -0.15) is 0 Å². The molecule has 3 rings (SSSR count). The average Bonchev–Trinajstić information content (AvgIpc) is 2.47. The average molecular weight is 400 g/mol. The van der Waals surface area contributed by atoms with Gasteiger partial charge in [-0.1, -0.05) is 33.6 Å². The van der Waals surface area contributed by atoms with Crippen LogP contribution < -0.4 is 5.63 Å². The highest BCUT2D eigenvalue weighted by Gasteiger charge is 2.23. The smallest absolute Gasteiger partial charge is 0.355 e. The summed E-state index contributed by atoms with van der Waals surface area (Å²) in [4.78, 5) is 11.6. The Morgan fingerprint density at radius 3 is 2.55 bits per heavy atom. The second-order valence-corrected chi connectivity index (χ2v) is 7.81. The van der Waals surface area contributed by atoms with E-state index in [0.717, 1.165) is 4.47 Å². The zero-order valence-electron chi connectivity index (χ0n) is 10.9. The minimum Gasteiger partial charge on any atom is -0.422 e. The first-order valence-corrected chi connectivity index (χ1v) is 8.77. The summed E-state index contributed by atoms with van der Waals surface area (Å²) < 4.78 is 31.1. The Hall–Kier alpha value is -1.63. The van der Waals surface area contributed by atoms with Gasteiger partial charge in [-0.25, -0.2) is 13.2 Å². The third kappa shape index (κ3) is 2.69. The van der Waals surface area contributed by atoms with Crippen molar-refractivity contribution in [1.29, 1.82) is 0 Å². The standard InChI is InChI=1S/C15H8BrClO4S/c16-10-4-5-13-9(6-10)7-14(15(18)21-13)22(19,20)12-3-1-2-11(17)8-12/h1-8H. The lowest BCUT2D eigenvalue weighted by molar-refractivity contribution is 0.532. The van der Waals surface area contributed by atoms with Crippen molar-refractivity contribution in [1.82, 2.24) is 0 Å². The van der Waals surface area contributed by atoms with E-state index in [1.807, 2.05) is 0 Å². The largest absolute Gasteiger partial charge is 0.422 e. The minimum absolute atomic E-state index is 0.0540. The van der Waals surface area contributed by atoms with Gasteiger partial charge in [0, 0.05) is 14.9 Å². The molecule has 0 fully saturated rings. The molecule has 2 aromatic carbocycles. The lowest BCUT2D eigenvalue weighted by Crippen LogP contribution is -2.14. The van der Waals surface area contributed by atoms with Crippen molar-refractivity contribution in [2.24, 2.45) is 0 Å². The van der Waals surface area contributed by atoms with Crippen molar-refractivity contribution in [2.75, 3.05) is 0 Å². The third-order valence-electron chi connectivity index (χ3n) is 3.06. The van der Waals surface area contributed by atoms with E-state index in [2.05, 4.69) is 15.9 Å². The fraction of sp³-hybridized carbons (Fsp3) is 0. The SMILES string of the molecule is O=c1oc2ccc(Br)cc2cc1S(=O)(=O)c1cccc(Cl)c1. The lowest BCUT2D eigenvalue weighted by Gasteiger charge is -2.05. The van der Waals surface area contributed by atoms with Gasteiger partial charge in [-0.3, -0.25) is 0 Å². The Bertz CT molecular complexity index is 1040. The number of sulfone groups is 1. The molecule has 0 saturated carbocycles. The van der Waals surface area contributed by atoms with Crippen LogP contribution in [0, 0.1) is 0 Å². The van der Waals surface area contributed by atoms with Gasteiger partial charge in [0.2, 0.25) is 9.84 Å². The molecule has 0 bridgehead atoms. The predicted molar refractivity (Wildman–Crippen MR) is 87.1 cm³/mol. The van der Waals surface area contributed by atoms with E-state index < -0.39 is 20.4 Å². The molecule has 0 atom stereocenters. The van der Waals surface area contributed by atoms with Crippen molar-refractivity contribution >= 4 is 48.3 Å². The van der Waals surface area contributed by atoms with Gasteiger partial charge in [-0.15, -0.1) is 0 Å². The Morgan fingerprint density at radius 1 is 1.05 bits per heavy atom. The van der Waals surface area contributed by atoms with Gasteiger partial charge in [0.1, 0.15) is 5.58 Å². The molecule has 1 aromatic heterocycles. The van der Waals surface area contributed by atoms with Crippen LogP contribution in [0.15, 0.2) is 72.0 Å². The number of benzene rings is 2. The van der Waals surface area contributed by atoms with Crippen molar-refractivity contribution in [2.45, 2.75) is 9.79 Å². The summed E-state index contributed by atoms with van der Waals surface area (Å²) in [5, 5.41) is 0.781. The summed E-state index contributed by atoms with van der Waals surface area (Å²) in [6, 6.07) is 12.0. The van der Waals surface area contributed by atoms with Crippen molar-refractivity contribution in [3.63, 3.8) is 0 Å². The topological polar surface area (TPSA) is 64.3 Å². The molecule has 7 heteroatoms. The van der Waals surface area contributed by atoms with Crippen LogP contribution in [0.1, 0.15) is 0 Å². The molecule has 3 aromatic rings. The molecule has 0 saturated heterocycles. The first kappa shape index (κ1) is 15.3. The highest BCUT2D eigenvalue weighted by molar-refractivity contribution is 9.10. The van der Waals surface area contributed by atoms with Crippen molar-refractivity contribution < 1.29 is 12.8 Å². The molecule has 0 aliphatic heterocycles. The summed E-state index contributed by atoms with van der Waals surface area (Å²) in [5.74, 6) is 0. The molecule has 112 valence electrons. The van der Waals surface area contributed by atoms with Crippen LogP contribution in [0.3, 0.4) is 0 Å². The Kier molecular flexibility index (Phi) is 3.84. The van der Waals surface area contributed by atoms with E-state index in [-0.39, 0.29) is 9.92 Å². The Morgan fingerprint density at radius 2 is 1.82 bits per heavy atom. The first-order chi connectivity index (χ1) is 10.4. The van der Waals surface area contributed by atoms with Gasteiger partial charge in [0.05, 0.1) is 4.90 Å². The molecule has 0 N–H and O–H groups in total. The fourth-order valence-electron chi connectivity index (χ4n) is 2.02. The second kappa shape index (κ2) is 5.53. The van der Waals surface area contributed by atoms with Gasteiger partial charge >= 0.3 is 5.63 Å². The molecule has 0 radical (unpaired) electrons. The first-order valence-electron chi connectivity index (χ1n) is 6.12. The molecular weight excluding hydrogens is 392 g/mol. The molecule has 0 amide bonds. The van der Waals surface area contributed by atoms with Crippen LogP contribution in [0.4, 0.5) is 0 Å². The van der Waals surface area contributed by atoms with Gasteiger partial charge in [0.15, 0.2) is 4.90 Å². The number of rotatable bonds is 2. The summed E-state index contributed by atoms with van der Waals surface area (Å²) in [5.41, 5.74) is -0.590. The predicted octanol–water partition coefficient (Wildman–Crippen LogP) is 4.04. The maximum absolute atomic E-state index is 12.6. The molecule has 0 unspecified atom stereocenters. The molecule has 1 heterocycles. The van der Waals surface area contributed by atoms with Crippen molar-refractivity contribution in [3.05, 3.63) is 68.4 Å². The van der Waals surface area contributed by atoms with Gasteiger partial charge in [0.25, 0.3) is 0 Å². The van der Waals surface area contributed by atoms with E-state index in [9.17, 15) is 13.2 Å². The van der Waals surface area contributed by atoms with Crippen LogP contribution in [-0.2, 0) is 9.84 Å². The molecule has 4 nitrogen and oxygen atoms in total. The number of halogens is 2. The fourth-order valence-corrected chi connectivity index (χ4v) is 3.99. The van der Waals surface area contributed by atoms with E-state index in [1.54, 1.807) is 24.3 Å². The summed E-state index contributed by atoms with van der Waals surface area (Å²) in [6.45, 7) is 0. The Labute approximate surface area is 139 Å². The zero-order valence-corrected chi connectivity index (χ0v) is 14.1. The number of fused-ring (bicyclic) bond motifs is 1. The molecule has 0 aliphatic rings. The van der Waals surface area contributed by atoms with Gasteiger partial charge < -0.3 is 4.42 Å². The van der Waals surface area contributed by atoms with Crippen LogP contribution in [0.5, 0.6) is 0 Å². The zero-order chi connectivity index (χ0) is 15.9.